The zero-order chi connectivity index (χ0) is 52.7. The summed E-state index contributed by atoms with van der Waals surface area (Å²) in [5.41, 5.74) is 2.92. The van der Waals surface area contributed by atoms with Crippen molar-refractivity contribution in [2.75, 3.05) is 82.6 Å². The lowest BCUT2D eigenvalue weighted by molar-refractivity contribution is -0.136. The fourth-order valence-electron chi connectivity index (χ4n) is 8.98. The molecule has 5 aromatic rings. The highest BCUT2D eigenvalue weighted by Gasteiger charge is 2.45. The maximum atomic E-state index is 15.3. The number of carbonyl (C=O) groups is 6. The van der Waals surface area contributed by atoms with Crippen molar-refractivity contribution in [1.29, 1.82) is 0 Å². The Labute approximate surface area is 433 Å². The molecule has 8 rings (SSSR count). The van der Waals surface area contributed by atoms with E-state index in [1.807, 2.05) is 61.0 Å². The summed E-state index contributed by atoms with van der Waals surface area (Å²) in [4.78, 5) is 88.8. The van der Waals surface area contributed by atoms with Crippen LogP contribution < -0.4 is 25.6 Å². The van der Waals surface area contributed by atoms with Gasteiger partial charge in [0.05, 0.1) is 75.5 Å². The maximum Gasteiger partial charge on any atom is 0.262 e. The average Bonchev–Trinajstić information content (AvgIpc) is 3.91. The van der Waals surface area contributed by atoms with Gasteiger partial charge in [0, 0.05) is 63.7 Å². The number of benzene rings is 3. The van der Waals surface area contributed by atoms with Crippen LogP contribution in [0, 0.1) is 5.82 Å². The minimum Gasteiger partial charge on any atom is -0.494 e. The monoisotopic (exact) mass is 1030 g/mol. The van der Waals surface area contributed by atoms with Crippen LogP contribution in [0.4, 0.5) is 15.8 Å². The molecule has 21 nitrogen and oxygen atoms in total. The first-order valence-electron chi connectivity index (χ1n) is 25.3. The van der Waals surface area contributed by atoms with E-state index in [1.54, 1.807) is 28.1 Å². The van der Waals surface area contributed by atoms with Gasteiger partial charge in [-0.05, 0) is 86.7 Å². The molecule has 2 atom stereocenters. The zero-order valence-corrected chi connectivity index (χ0v) is 42.1. The third-order valence-electron chi connectivity index (χ3n) is 13.2. The van der Waals surface area contributed by atoms with Crippen molar-refractivity contribution in [3.8, 4) is 17.3 Å². The van der Waals surface area contributed by atoms with Crippen molar-refractivity contribution in [3.05, 3.63) is 113 Å². The first-order valence-corrected chi connectivity index (χ1v) is 25.3. The molecule has 396 valence electrons. The van der Waals surface area contributed by atoms with Crippen molar-refractivity contribution >= 4 is 46.8 Å². The zero-order valence-electron chi connectivity index (χ0n) is 42.1. The van der Waals surface area contributed by atoms with Crippen LogP contribution >= 0.6 is 0 Å². The standard InChI is InChI=1S/C53H62FN11O10/c1-35(58-50(68)37-10-7-11-38(29-37)56-33-46-60-61-49(62(46)2)43-15-17-55-34-57-43)36-9-8-12-39(30-36)75-23-6-4-3-5-22-72-25-27-74-28-26-73-24-16-48(67)64-20-18-63(19-21-64)45-32-41-40(31-42(45)54)52(70)65(53(41)71)44-13-14-47(66)59-51(44)69/h7-12,15,17,29-32,34-35,44,56H,3-6,13-14,16,18-28,33H2,1-2H3,(H,58,68)(H,59,66,69)/t35-,44?/m1/s1. The molecule has 5 heterocycles. The van der Waals surface area contributed by atoms with E-state index in [0.29, 0.717) is 95.3 Å². The van der Waals surface area contributed by atoms with Gasteiger partial charge in [-0.1, -0.05) is 24.6 Å². The molecule has 0 spiro atoms. The topological polar surface area (TPSA) is 242 Å². The van der Waals surface area contributed by atoms with E-state index in [9.17, 15) is 28.8 Å². The Kier molecular flexibility index (Phi) is 18.6. The predicted octanol–water partition coefficient (Wildman–Crippen LogP) is 4.64. The summed E-state index contributed by atoms with van der Waals surface area (Å²) >= 11 is 0. The summed E-state index contributed by atoms with van der Waals surface area (Å²) in [6.07, 6.45) is 7.12. The lowest BCUT2D eigenvalue weighted by Gasteiger charge is -2.36. The van der Waals surface area contributed by atoms with E-state index in [-0.39, 0.29) is 60.5 Å². The molecule has 3 aliphatic heterocycles. The lowest BCUT2D eigenvalue weighted by atomic mass is 10.0. The molecule has 2 saturated heterocycles. The molecule has 1 unspecified atom stereocenters. The Morgan fingerprint density at radius 2 is 1.53 bits per heavy atom. The van der Waals surface area contributed by atoms with Gasteiger partial charge in [-0.2, -0.15) is 0 Å². The van der Waals surface area contributed by atoms with Crippen LogP contribution in [0.25, 0.3) is 11.5 Å². The van der Waals surface area contributed by atoms with Crippen molar-refractivity contribution in [2.45, 2.75) is 70.5 Å². The van der Waals surface area contributed by atoms with Crippen LogP contribution in [0.3, 0.4) is 0 Å². The molecule has 0 bridgehead atoms. The quantitative estimate of drug-likeness (QED) is 0.0505. The molecule has 0 radical (unpaired) electrons. The van der Waals surface area contributed by atoms with Crippen molar-refractivity contribution in [2.24, 2.45) is 7.05 Å². The number of fused-ring (bicyclic) bond motifs is 1. The van der Waals surface area contributed by atoms with Crippen LogP contribution in [0.1, 0.15) is 100 Å². The number of ether oxygens (including phenoxy) is 4. The summed E-state index contributed by atoms with van der Waals surface area (Å²) in [6.45, 7) is 6.68. The number of amides is 6. The number of imide groups is 2. The number of halogens is 1. The summed E-state index contributed by atoms with van der Waals surface area (Å²) in [5, 5.41) is 17.1. The predicted molar refractivity (Wildman–Crippen MR) is 271 cm³/mol. The number of hydrogen-bond donors (Lipinski definition) is 3. The first-order chi connectivity index (χ1) is 36.4. The molecule has 75 heavy (non-hydrogen) atoms. The van der Waals surface area contributed by atoms with Crippen LogP contribution in [-0.2, 0) is 42.2 Å². The highest BCUT2D eigenvalue weighted by Crippen LogP contribution is 2.33. The van der Waals surface area contributed by atoms with Gasteiger partial charge in [-0.25, -0.2) is 14.4 Å². The molecule has 22 heteroatoms. The number of rotatable bonds is 26. The number of anilines is 2. The third-order valence-corrected chi connectivity index (χ3v) is 13.2. The molecule has 3 aromatic carbocycles. The largest absolute Gasteiger partial charge is 0.494 e. The summed E-state index contributed by atoms with van der Waals surface area (Å²) in [7, 11) is 1.88. The lowest BCUT2D eigenvalue weighted by Crippen LogP contribution is -2.54. The second-order valence-electron chi connectivity index (χ2n) is 18.3. The number of piperazine rings is 1. The molecular formula is C53H62FN11O10. The number of hydrogen-bond acceptors (Lipinski definition) is 16. The molecule has 2 aromatic heterocycles. The second kappa shape index (κ2) is 26.0. The van der Waals surface area contributed by atoms with E-state index in [1.165, 1.54) is 12.4 Å². The molecule has 2 fully saturated rings. The van der Waals surface area contributed by atoms with E-state index >= 15 is 4.39 Å². The van der Waals surface area contributed by atoms with E-state index in [2.05, 4.69) is 36.1 Å². The van der Waals surface area contributed by atoms with Crippen LogP contribution in [-0.4, -0.2) is 148 Å². The minimum atomic E-state index is -1.14. The highest BCUT2D eigenvalue weighted by atomic mass is 19.1. The van der Waals surface area contributed by atoms with E-state index in [4.69, 9.17) is 18.9 Å². The molecule has 3 aliphatic rings. The maximum absolute atomic E-state index is 15.3. The average molecular weight is 1030 g/mol. The number of piperidine rings is 1. The molecule has 0 aliphatic carbocycles. The van der Waals surface area contributed by atoms with Crippen LogP contribution in [0.5, 0.6) is 5.75 Å². The van der Waals surface area contributed by atoms with Gasteiger partial charge in [0.15, 0.2) is 11.6 Å². The Morgan fingerprint density at radius 1 is 0.813 bits per heavy atom. The van der Waals surface area contributed by atoms with E-state index in [0.717, 1.165) is 53.6 Å². The van der Waals surface area contributed by atoms with Gasteiger partial charge in [-0.3, -0.25) is 39.0 Å². The smallest absolute Gasteiger partial charge is 0.262 e. The number of unbranched alkanes of at least 4 members (excludes halogenated alkanes) is 3. The fraction of sp³-hybridized carbons (Fsp3) is 0.434. The Balaban J connectivity index is 0.620. The Hall–Kier alpha value is -7.69. The molecular weight excluding hydrogens is 970 g/mol. The van der Waals surface area contributed by atoms with Gasteiger partial charge in [0.2, 0.25) is 17.7 Å². The molecule has 0 saturated carbocycles. The van der Waals surface area contributed by atoms with Gasteiger partial charge in [0.1, 0.15) is 29.6 Å². The second-order valence-corrected chi connectivity index (χ2v) is 18.3. The summed E-state index contributed by atoms with van der Waals surface area (Å²) in [5.74, 6) is -1.57. The van der Waals surface area contributed by atoms with Gasteiger partial charge >= 0.3 is 0 Å². The van der Waals surface area contributed by atoms with Crippen LogP contribution in [0.15, 0.2) is 79.3 Å². The first kappa shape index (κ1) is 53.6. The number of aromatic nitrogens is 5. The molecule has 6 amide bonds. The van der Waals surface area contributed by atoms with Crippen molar-refractivity contribution in [3.63, 3.8) is 0 Å². The SMILES string of the molecule is C[C@@H](NC(=O)c1cccc(NCc2nnc(-c3ccncn3)n2C)c1)c1cccc(OCCCCCCOCCOCCOCCC(=O)N2CCN(c3cc4c(cc3F)C(=O)N(C3CCC(=O)NC3=O)C4=O)CC2)c1. The minimum absolute atomic E-state index is 0.00251. The van der Waals surface area contributed by atoms with Gasteiger partial charge in [0.25, 0.3) is 17.7 Å². The van der Waals surface area contributed by atoms with Crippen LogP contribution in [0.2, 0.25) is 0 Å². The number of nitrogens with one attached hydrogen (secondary N) is 3. The Morgan fingerprint density at radius 3 is 2.28 bits per heavy atom. The fourth-order valence-corrected chi connectivity index (χ4v) is 8.98. The Bertz CT molecular complexity index is 2820. The highest BCUT2D eigenvalue weighted by molar-refractivity contribution is 6.23. The van der Waals surface area contributed by atoms with Crippen molar-refractivity contribution in [1.82, 2.24) is 45.2 Å². The normalized spacial score (nSPS) is 16.0. The van der Waals surface area contributed by atoms with E-state index < -0.39 is 35.5 Å². The third kappa shape index (κ3) is 13.9. The van der Waals surface area contributed by atoms with Gasteiger partial charge in [-0.15, -0.1) is 10.2 Å². The van der Waals surface area contributed by atoms with Gasteiger partial charge < -0.3 is 43.9 Å². The summed E-state index contributed by atoms with van der Waals surface area (Å²) in [6, 6.07) is 17.8. The number of carbonyl (C=O) groups excluding carboxylic acids is 6. The summed E-state index contributed by atoms with van der Waals surface area (Å²) < 4.78 is 40.2. The number of nitrogens with zero attached hydrogens (tertiary/aromatic N) is 8. The molecule has 3 N–H and O–H groups in total. The van der Waals surface area contributed by atoms with Crippen molar-refractivity contribution < 1.29 is 52.1 Å².